The molecule has 0 unspecified atom stereocenters. The Hall–Kier alpha value is -1.87. The smallest absolute Gasteiger partial charge is 0.123 e. The zero-order valence-corrected chi connectivity index (χ0v) is 12.1. The van der Waals surface area contributed by atoms with Crippen molar-refractivity contribution in [1.29, 1.82) is 0 Å². The molecule has 0 fully saturated rings. The maximum atomic E-state index is 13.4. The molecule has 20 heavy (non-hydrogen) atoms. The minimum atomic E-state index is -0.211. The van der Waals surface area contributed by atoms with Crippen LogP contribution >= 0.6 is 0 Å². The van der Waals surface area contributed by atoms with Gasteiger partial charge in [0.05, 0.1) is 0 Å². The van der Waals surface area contributed by atoms with E-state index in [4.69, 9.17) is 5.73 Å². The van der Waals surface area contributed by atoms with Gasteiger partial charge in [-0.15, -0.1) is 0 Å². The molecule has 0 aliphatic carbocycles. The molecule has 0 aliphatic rings. The number of anilines is 2. The van der Waals surface area contributed by atoms with E-state index in [2.05, 4.69) is 43.0 Å². The Labute approximate surface area is 120 Å². The summed E-state index contributed by atoms with van der Waals surface area (Å²) < 4.78 is 13.4. The lowest BCUT2D eigenvalue weighted by Crippen LogP contribution is -2.19. The van der Waals surface area contributed by atoms with E-state index in [9.17, 15) is 4.39 Å². The summed E-state index contributed by atoms with van der Waals surface area (Å²) in [5.74, 6) is -0.211. The van der Waals surface area contributed by atoms with Gasteiger partial charge >= 0.3 is 0 Å². The van der Waals surface area contributed by atoms with Gasteiger partial charge in [-0.05, 0) is 62.7 Å². The summed E-state index contributed by atoms with van der Waals surface area (Å²) in [5.41, 5.74) is 9.96. The van der Waals surface area contributed by atoms with Crippen LogP contribution in [0.2, 0.25) is 0 Å². The number of hydrogen-bond donors (Lipinski definition) is 1. The standard InChI is InChI=1S/C17H21FN2/c1-3-20(16-7-4-13(2)5-8-16)17-9-6-15(18)12-14(17)10-11-19/h4-9,12H,3,10-11,19H2,1-2H3. The fourth-order valence-corrected chi connectivity index (χ4v) is 2.39. The highest BCUT2D eigenvalue weighted by Gasteiger charge is 2.12. The molecule has 0 saturated heterocycles. The summed E-state index contributed by atoms with van der Waals surface area (Å²) in [6.45, 7) is 5.50. The third-order valence-corrected chi connectivity index (χ3v) is 3.41. The number of benzene rings is 2. The van der Waals surface area contributed by atoms with Crippen LogP contribution in [-0.2, 0) is 6.42 Å². The third-order valence-electron chi connectivity index (χ3n) is 3.41. The highest BCUT2D eigenvalue weighted by atomic mass is 19.1. The molecule has 0 amide bonds. The molecule has 2 N–H and O–H groups in total. The molecule has 0 saturated carbocycles. The molecule has 2 rings (SSSR count). The second-order valence-corrected chi connectivity index (χ2v) is 4.89. The number of nitrogens with two attached hydrogens (primary N) is 1. The molecule has 2 aromatic carbocycles. The van der Waals surface area contributed by atoms with Gasteiger partial charge in [-0.25, -0.2) is 4.39 Å². The molecule has 0 bridgehead atoms. The summed E-state index contributed by atoms with van der Waals surface area (Å²) in [6, 6.07) is 13.3. The zero-order chi connectivity index (χ0) is 14.5. The Bertz CT molecular complexity index is 564. The van der Waals surface area contributed by atoms with E-state index in [0.29, 0.717) is 13.0 Å². The van der Waals surface area contributed by atoms with Gasteiger partial charge < -0.3 is 10.6 Å². The Morgan fingerprint density at radius 2 is 1.80 bits per heavy atom. The van der Waals surface area contributed by atoms with Gasteiger partial charge in [-0.3, -0.25) is 0 Å². The molecule has 0 atom stereocenters. The van der Waals surface area contributed by atoms with Gasteiger partial charge in [0, 0.05) is 17.9 Å². The SMILES string of the molecule is CCN(c1ccc(C)cc1)c1ccc(F)cc1CCN. The normalized spacial score (nSPS) is 10.6. The molecule has 0 radical (unpaired) electrons. The fraction of sp³-hybridized carbons (Fsp3) is 0.294. The van der Waals surface area contributed by atoms with Crippen LogP contribution in [0, 0.1) is 12.7 Å². The van der Waals surface area contributed by atoms with Crippen LogP contribution in [-0.4, -0.2) is 13.1 Å². The number of hydrogen-bond acceptors (Lipinski definition) is 2. The van der Waals surface area contributed by atoms with E-state index in [1.165, 1.54) is 11.6 Å². The van der Waals surface area contributed by atoms with Gasteiger partial charge in [-0.1, -0.05) is 17.7 Å². The molecular weight excluding hydrogens is 251 g/mol. The van der Waals surface area contributed by atoms with Crippen LogP contribution in [0.15, 0.2) is 42.5 Å². The summed E-state index contributed by atoms with van der Waals surface area (Å²) in [5, 5.41) is 0. The van der Waals surface area contributed by atoms with Crippen LogP contribution in [0.1, 0.15) is 18.1 Å². The minimum absolute atomic E-state index is 0.211. The molecule has 2 nitrogen and oxygen atoms in total. The van der Waals surface area contributed by atoms with Crippen molar-refractivity contribution in [2.24, 2.45) is 5.73 Å². The van der Waals surface area contributed by atoms with Crippen molar-refractivity contribution >= 4 is 11.4 Å². The van der Waals surface area contributed by atoms with Crippen molar-refractivity contribution in [3.05, 3.63) is 59.4 Å². The van der Waals surface area contributed by atoms with Crippen LogP contribution in [0.3, 0.4) is 0 Å². The monoisotopic (exact) mass is 272 g/mol. The zero-order valence-electron chi connectivity index (χ0n) is 12.1. The molecular formula is C17H21FN2. The molecule has 0 aromatic heterocycles. The first-order valence-electron chi connectivity index (χ1n) is 6.98. The van der Waals surface area contributed by atoms with Crippen LogP contribution in [0.5, 0.6) is 0 Å². The van der Waals surface area contributed by atoms with Gasteiger partial charge in [0.2, 0.25) is 0 Å². The molecule has 2 aromatic rings. The van der Waals surface area contributed by atoms with E-state index in [-0.39, 0.29) is 5.82 Å². The first-order valence-corrected chi connectivity index (χ1v) is 6.98. The van der Waals surface area contributed by atoms with Crippen molar-refractivity contribution in [2.45, 2.75) is 20.3 Å². The van der Waals surface area contributed by atoms with E-state index in [0.717, 1.165) is 23.5 Å². The summed E-state index contributed by atoms with van der Waals surface area (Å²) in [6.07, 6.45) is 0.676. The predicted octanol–water partition coefficient (Wildman–Crippen LogP) is 3.79. The second kappa shape index (κ2) is 6.53. The average Bonchev–Trinajstić information content (AvgIpc) is 2.44. The Kier molecular flexibility index (Phi) is 4.74. The average molecular weight is 272 g/mol. The van der Waals surface area contributed by atoms with E-state index >= 15 is 0 Å². The minimum Gasteiger partial charge on any atom is -0.342 e. The van der Waals surface area contributed by atoms with Crippen molar-refractivity contribution < 1.29 is 4.39 Å². The number of aryl methyl sites for hydroxylation is 1. The lowest BCUT2D eigenvalue weighted by Gasteiger charge is -2.26. The molecule has 0 spiro atoms. The van der Waals surface area contributed by atoms with E-state index in [1.54, 1.807) is 6.07 Å². The van der Waals surface area contributed by atoms with Gasteiger partial charge in [-0.2, -0.15) is 0 Å². The maximum absolute atomic E-state index is 13.4. The van der Waals surface area contributed by atoms with Gasteiger partial charge in [0.1, 0.15) is 5.82 Å². The van der Waals surface area contributed by atoms with Crippen LogP contribution in [0.25, 0.3) is 0 Å². The molecule has 0 heterocycles. The molecule has 106 valence electrons. The second-order valence-electron chi connectivity index (χ2n) is 4.89. The van der Waals surface area contributed by atoms with E-state index in [1.807, 2.05) is 6.07 Å². The quantitative estimate of drug-likeness (QED) is 0.897. The van der Waals surface area contributed by atoms with Crippen molar-refractivity contribution in [2.75, 3.05) is 18.0 Å². The molecule has 0 aliphatic heterocycles. The van der Waals surface area contributed by atoms with Gasteiger partial charge in [0.25, 0.3) is 0 Å². The van der Waals surface area contributed by atoms with Gasteiger partial charge in [0.15, 0.2) is 0 Å². The lowest BCUT2D eigenvalue weighted by atomic mass is 10.1. The first-order chi connectivity index (χ1) is 9.65. The van der Waals surface area contributed by atoms with Crippen molar-refractivity contribution in [1.82, 2.24) is 0 Å². The summed E-state index contributed by atoms with van der Waals surface area (Å²) in [7, 11) is 0. The Balaban J connectivity index is 2.43. The van der Waals surface area contributed by atoms with Crippen LogP contribution < -0.4 is 10.6 Å². The van der Waals surface area contributed by atoms with Crippen molar-refractivity contribution in [3.8, 4) is 0 Å². The third kappa shape index (κ3) is 3.17. The summed E-state index contributed by atoms with van der Waals surface area (Å²) in [4.78, 5) is 2.18. The Morgan fingerprint density at radius 3 is 2.40 bits per heavy atom. The first kappa shape index (κ1) is 14.5. The van der Waals surface area contributed by atoms with E-state index < -0.39 is 0 Å². The Morgan fingerprint density at radius 1 is 1.10 bits per heavy atom. The van der Waals surface area contributed by atoms with Crippen molar-refractivity contribution in [3.63, 3.8) is 0 Å². The highest BCUT2D eigenvalue weighted by molar-refractivity contribution is 5.66. The fourth-order valence-electron chi connectivity index (χ4n) is 2.39. The lowest BCUT2D eigenvalue weighted by molar-refractivity contribution is 0.625. The highest BCUT2D eigenvalue weighted by Crippen LogP contribution is 2.29. The maximum Gasteiger partial charge on any atom is 0.123 e. The number of nitrogens with zero attached hydrogens (tertiary/aromatic N) is 1. The topological polar surface area (TPSA) is 29.3 Å². The predicted molar refractivity (Wildman–Crippen MR) is 83.0 cm³/mol. The molecule has 3 heteroatoms. The van der Waals surface area contributed by atoms with Crippen LogP contribution in [0.4, 0.5) is 15.8 Å². The number of halogens is 1. The largest absolute Gasteiger partial charge is 0.342 e. The number of rotatable bonds is 5. The summed E-state index contributed by atoms with van der Waals surface area (Å²) >= 11 is 0.